The molecule has 0 unspecified atom stereocenters. The summed E-state index contributed by atoms with van der Waals surface area (Å²) in [6.07, 6.45) is 0.132. The van der Waals surface area contributed by atoms with Crippen LogP contribution in [0, 0.1) is 23.7 Å². The molecule has 4 atom stereocenters. The van der Waals surface area contributed by atoms with Crippen LogP contribution >= 0.6 is 0 Å². The molecule has 0 aliphatic heterocycles. The minimum atomic E-state index is -0.157. The Labute approximate surface area is 155 Å². The molecule has 0 saturated heterocycles. The topological polar surface area (TPSA) is 38.7 Å². The molecule has 0 spiro atoms. The van der Waals surface area contributed by atoms with Crippen molar-refractivity contribution in [2.75, 3.05) is 7.11 Å². The molecule has 0 fully saturated rings. The largest absolute Gasteiger partial charge is 0.497 e. The van der Waals surface area contributed by atoms with Gasteiger partial charge in [0.2, 0.25) is 0 Å². The average molecular weight is 353 g/mol. The first-order valence-corrected chi connectivity index (χ1v) is 9.52. The second-order valence-electron chi connectivity index (χ2n) is 7.81. The van der Waals surface area contributed by atoms with Crippen molar-refractivity contribution >= 4 is 0 Å². The number of hydrogen-bond acceptors (Lipinski definition) is 3. The van der Waals surface area contributed by atoms with Crippen molar-refractivity contribution in [3.8, 4) is 5.75 Å². The van der Waals surface area contributed by atoms with Gasteiger partial charge in [-0.2, -0.15) is 0 Å². The maximum Gasteiger partial charge on any atom is 0.118 e. The molecule has 1 aromatic carbocycles. The van der Waals surface area contributed by atoms with Gasteiger partial charge in [-0.25, -0.2) is 0 Å². The molecule has 1 aromatic rings. The van der Waals surface area contributed by atoms with E-state index < -0.39 is 0 Å². The van der Waals surface area contributed by atoms with Crippen molar-refractivity contribution in [3.05, 3.63) is 29.8 Å². The third kappa shape index (κ3) is 9.86. The summed E-state index contributed by atoms with van der Waals surface area (Å²) < 4.78 is 11.0. The average Bonchev–Trinajstić information content (AvgIpc) is 2.58. The Morgan fingerprint density at radius 3 is 1.60 bits per heavy atom. The highest BCUT2D eigenvalue weighted by molar-refractivity contribution is 5.26. The third-order valence-corrected chi connectivity index (χ3v) is 5.28. The van der Waals surface area contributed by atoms with E-state index in [1.807, 2.05) is 31.2 Å². The summed E-state index contributed by atoms with van der Waals surface area (Å²) in [5.74, 6) is 3.14. The summed E-state index contributed by atoms with van der Waals surface area (Å²) in [6, 6.07) is 8.03. The number of hydrogen-bond donors (Lipinski definition) is 1. The fraction of sp³-hybridized carbons (Fsp3) is 0.727. The SMILES string of the molecule is CC(C)[C@@H](C)[C@H](C)O.COc1ccc(CO[C@@H](C)[C@H](C)C(C)C)cc1. The second-order valence-corrected chi connectivity index (χ2v) is 7.81. The van der Waals surface area contributed by atoms with Crippen LogP contribution in [0.25, 0.3) is 0 Å². The Morgan fingerprint density at radius 1 is 0.800 bits per heavy atom. The van der Waals surface area contributed by atoms with Crippen LogP contribution in [0.1, 0.15) is 61.0 Å². The van der Waals surface area contributed by atoms with E-state index in [-0.39, 0.29) is 12.2 Å². The van der Waals surface area contributed by atoms with Gasteiger partial charge in [-0.3, -0.25) is 0 Å². The molecule has 25 heavy (non-hydrogen) atoms. The summed E-state index contributed by atoms with van der Waals surface area (Å²) >= 11 is 0. The van der Waals surface area contributed by atoms with Crippen LogP contribution in [0.15, 0.2) is 24.3 Å². The molecule has 0 bridgehead atoms. The molecule has 0 heterocycles. The zero-order valence-electron chi connectivity index (χ0n) is 17.7. The van der Waals surface area contributed by atoms with Crippen molar-refractivity contribution in [2.24, 2.45) is 23.7 Å². The van der Waals surface area contributed by atoms with E-state index in [2.05, 4.69) is 48.5 Å². The van der Waals surface area contributed by atoms with E-state index in [0.717, 1.165) is 5.75 Å². The molecule has 0 saturated carbocycles. The lowest BCUT2D eigenvalue weighted by Crippen LogP contribution is -2.22. The normalized spacial score (nSPS) is 16.0. The first-order chi connectivity index (χ1) is 11.6. The van der Waals surface area contributed by atoms with E-state index in [9.17, 15) is 0 Å². The van der Waals surface area contributed by atoms with Gasteiger partial charge in [-0.15, -0.1) is 0 Å². The first-order valence-electron chi connectivity index (χ1n) is 9.52. The van der Waals surface area contributed by atoms with Gasteiger partial charge in [0.15, 0.2) is 0 Å². The zero-order chi connectivity index (χ0) is 19.6. The van der Waals surface area contributed by atoms with Crippen LogP contribution in [0.5, 0.6) is 5.75 Å². The molecular formula is C22H40O3. The number of rotatable bonds is 8. The smallest absolute Gasteiger partial charge is 0.118 e. The van der Waals surface area contributed by atoms with E-state index in [1.54, 1.807) is 7.11 Å². The molecule has 3 heteroatoms. The van der Waals surface area contributed by atoms with Gasteiger partial charge in [0.1, 0.15) is 5.75 Å². The van der Waals surface area contributed by atoms with Crippen molar-refractivity contribution in [3.63, 3.8) is 0 Å². The Kier molecular flexibility index (Phi) is 11.8. The van der Waals surface area contributed by atoms with Gasteiger partial charge in [0.05, 0.1) is 25.9 Å². The number of aliphatic hydroxyl groups excluding tert-OH is 1. The Hall–Kier alpha value is -1.06. The summed E-state index contributed by atoms with van der Waals surface area (Å²) in [5.41, 5.74) is 1.19. The summed E-state index contributed by atoms with van der Waals surface area (Å²) in [4.78, 5) is 0. The minimum Gasteiger partial charge on any atom is -0.497 e. The van der Waals surface area contributed by atoms with Crippen LogP contribution in [0.4, 0.5) is 0 Å². The number of ether oxygens (including phenoxy) is 2. The van der Waals surface area contributed by atoms with Gasteiger partial charge in [0, 0.05) is 0 Å². The predicted octanol–water partition coefficient (Wildman–Crippen LogP) is 5.55. The monoisotopic (exact) mass is 352 g/mol. The van der Waals surface area contributed by atoms with Gasteiger partial charge < -0.3 is 14.6 Å². The van der Waals surface area contributed by atoms with Gasteiger partial charge in [-0.05, 0) is 55.2 Å². The highest BCUT2D eigenvalue weighted by atomic mass is 16.5. The number of aliphatic hydroxyl groups is 1. The van der Waals surface area contributed by atoms with Crippen LogP contribution in [0.2, 0.25) is 0 Å². The van der Waals surface area contributed by atoms with Crippen molar-refractivity contribution in [1.29, 1.82) is 0 Å². The van der Waals surface area contributed by atoms with Gasteiger partial charge >= 0.3 is 0 Å². The maximum atomic E-state index is 8.99. The third-order valence-electron chi connectivity index (χ3n) is 5.28. The highest BCUT2D eigenvalue weighted by Gasteiger charge is 2.16. The van der Waals surface area contributed by atoms with Crippen molar-refractivity contribution < 1.29 is 14.6 Å². The second kappa shape index (κ2) is 12.3. The standard InChI is InChI=1S/C15H24O2.C7H16O/c1-11(2)12(3)13(4)17-10-14-6-8-15(16-5)9-7-14;1-5(2)6(3)7(4)8/h6-9,11-13H,10H2,1-5H3;5-8H,1-4H3/t12-,13+;6-,7+/m11/s1. The molecule has 0 radical (unpaired) electrons. The van der Waals surface area contributed by atoms with Gasteiger partial charge in [-0.1, -0.05) is 53.7 Å². The molecule has 146 valence electrons. The van der Waals surface area contributed by atoms with E-state index in [4.69, 9.17) is 14.6 Å². The predicted molar refractivity (Wildman–Crippen MR) is 107 cm³/mol. The Bertz CT molecular complexity index is 429. The molecular weight excluding hydrogens is 312 g/mol. The number of methoxy groups -OCH3 is 1. The van der Waals surface area contributed by atoms with Crippen LogP contribution in [-0.4, -0.2) is 24.4 Å². The highest BCUT2D eigenvalue weighted by Crippen LogP contribution is 2.19. The summed E-state index contributed by atoms with van der Waals surface area (Å²) in [5, 5.41) is 8.99. The molecule has 0 aliphatic carbocycles. The lowest BCUT2D eigenvalue weighted by atomic mass is 9.93. The van der Waals surface area contributed by atoms with E-state index >= 15 is 0 Å². The minimum absolute atomic E-state index is 0.157. The zero-order valence-corrected chi connectivity index (χ0v) is 17.7. The lowest BCUT2D eigenvalue weighted by Gasteiger charge is -2.23. The molecule has 3 nitrogen and oxygen atoms in total. The summed E-state index contributed by atoms with van der Waals surface area (Å²) in [6.45, 7) is 17.7. The van der Waals surface area contributed by atoms with Gasteiger partial charge in [0.25, 0.3) is 0 Å². The Morgan fingerprint density at radius 2 is 1.28 bits per heavy atom. The fourth-order valence-corrected chi connectivity index (χ4v) is 2.20. The number of benzene rings is 1. The molecule has 0 aromatic heterocycles. The molecule has 1 N–H and O–H groups in total. The first kappa shape index (κ1) is 23.9. The van der Waals surface area contributed by atoms with Crippen LogP contribution in [0.3, 0.4) is 0 Å². The Balaban J connectivity index is 0.000000609. The molecule has 1 rings (SSSR count). The van der Waals surface area contributed by atoms with Crippen molar-refractivity contribution in [2.45, 2.75) is 74.2 Å². The fourth-order valence-electron chi connectivity index (χ4n) is 2.20. The lowest BCUT2D eigenvalue weighted by molar-refractivity contribution is 0.00522. The van der Waals surface area contributed by atoms with E-state index in [1.165, 1.54) is 5.56 Å². The van der Waals surface area contributed by atoms with Crippen molar-refractivity contribution in [1.82, 2.24) is 0 Å². The molecule has 0 amide bonds. The summed E-state index contributed by atoms with van der Waals surface area (Å²) in [7, 11) is 1.68. The quantitative estimate of drug-likeness (QED) is 0.666. The molecule has 0 aliphatic rings. The van der Waals surface area contributed by atoms with Crippen LogP contribution in [-0.2, 0) is 11.3 Å². The maximum absolute atomic E-state index is 8.99. The van der Waals surface area contributed by atoms with Crippen LogP contribution < -0.4 is 4.74 Å². The van der Waals surface area contributed by atoms with E-state index in [0.29, 0.717) is 30.3 Å².